The maximum absolute atomic E-state index is 13.8. The van der Waals surface area contributed by atoms with Crippen molar-refractivity contribution in [2.24, 2.45) is 5.11 Å². The number of azide groups is 1. The van der Waals surface area contributed by atoms with Gasteiger partial charge in [0.05, 0.1) is 23.7 Å². The number of carbonyl (C=O) groups is 1. The molecule has 0 radical (unpaired) electrons. The van der Waals surface area contributed by atoms with E-state index in [1.807, 2.05) is 0 Å². The van der Waals surface area contributed by atoms with Crippen LogP contribution in [0.25, 0.3) is 32.8 Å². The van der Waals surface area contributed by atoms with Gasteiger partial charge in [-0.15, -0.1) is 0 Å². The highest BCUT2D eigenvalue weighted by molar-refractivity contribution is 6.33. The number of benzene rings is 3. The summed E-state index contributed by atoms with van der Waals surface area (Å²) in [6.45, 7) is -0.242. The number of nitrogens with zero attached hydrogens (tertiary/aromatic N) is 4. The van der Waals surface area contributed by atoms with Gasteiger partial charge in [-0.2, -0.15) is 0 Å². The summed E-state index contributed by atoms with van der Waals surface area (Å²) in [4.78, 5) is 23.5. The predicted molar refractivity (Wildman–Crippen MR) is 122 cm³/mol. The number of aromatic nitrogens is 2. The molecule has 0 aliphatic carbocycles. The summed E-state index contributed by atoms with van der Waals surface area (Å²) in [5.74, 6) is -3.25. The van der Waals surface area contributed by atoms with Gasteiger partial charge in [-0.3, -0.25) is 4.79 Å². The van der Waals surface area contributed by atoms with Crippen molar-refractivity contribution in [2.75, 3.05) is 6.54 Å². The van der Waals surface area contributed by atoms with Crippen molar-refractivity contribution in [3.8, 4) is 0 Å². The van der Waals surface area contributed by atoms with E-state index in [1.54, 1.807) is 30.3 Å². The largest absolute Gasteiger partial charge is 0.506 e. The number of rotatable bonds is 7. The molecule has 170 valence electrons. The molecule has 0 saturated carbocycles. The van der Waals surface area contributed by atoms with Crippen LogP contribution in [-0.2, 0) is 0 Å². The molecule has 0 amide bonds. The third kappa shape index (κ3) is 4.63. The zero-order chi connectivity index (χ0) is 24.2. The number of carbonyl (C=O) groups excluding carboxylic acids is 1. The van der Waals surface area contributed by atoms with Crippen LogP contribution >= 0.6 is 0 Å². The van der Waals surface area contributed by atoms with Crippen LogP contribution in [-0.4, -0.2) is 32.5 Å². The topological polar surface area (TPSA) is 135 Å². The second-order valence-electron chi connectivity index (χ2n) is 7.37. The number of ketones is 1. The van der Waals surface area contributed by atoms with Gasteiger partial charge in [0.2, 0.25) is 5.78 Å². The quantitative estimate of drug-likeness (QED) is 0.0837. The van der Waals surface area contributed by atoms with Gasteiger partial charge in [0.1, 0.15) is 28.8 Å². The molecule has 10 heteroatoms. The van der Waals surface area contributed by atoms with Crippen molar-refractivity contribution in [1.82, 2.24) is 9.97 Å². The van der Waals surface area contributed by atoms with Crippen molar-refractivity contribution in [3.63, 3.8) is 0 Å². The van der Waals surface area contributed by atoms with Gasteiger partial charge in [-0.05, 0) is 41.4 Å². The standard InChI is InChI=1S/C24H17F2N5O3/c25-16-9-15(10-17(26)11-16)23(34)21(24-29-18-6-1-2-7-19(18)30-24)22(33)14-5-3-4-13(8-14)20(32)12-28-31-27/h1-11,20,32,34H,12H2,(H,29,30). The van der Waals surface area contributed by atoms with Crippen LogP contribution in [0.5, 0.6) is 0 Å². The molecule has 1 aromatic heterocycles. The SMILES string of the molecule is [N-]=[N+]=NCC(O)c1cccc(C(=O)C(=C(O)c2cc(F)cc(F)c2)c2nc3ccccc3[nH]2)c1. The molecule has 0 fully saturated rings. The van der Waals surface area contributed by atoms with Gasteiger partial charge >= 0.3 is 0 Å². The van der Waals surface area contributed by atoms with Crippen molar-refractivity contribution in [1.29, 1.82) is 0 Å². The monoisotopic (exact) mass is 461 g/mol. The van der Waals surface area contributed by atoms with E-state index in [-0.39, 0.29) is 29.1 Å². The lowest BCUT2D eigenvalue weighted by molar-refractivity contribution is 0.105. The number of fused-ring (bicyclic) bond motifs is 1. The first kappa shape index (κ1) is 22.7. The Morgan fingerprint density at radius 1 is 1.06 bits per heavy atom. The Bertz CT molecular complexity index is 1420. The number of H-pyrrole nitrogens is 1. The predicted octanol–water partition coefficient (Wildman–Crippen LogP) is 5.49. The number of para-hydroxylation sites is 2. The van der Waals surface area contributed by atoms with Gasteiger partial charge in [0.25, 0.3) is 0 Å². The zero-order valence-electron chi connectivity index (χ0n) is 17.5. The van der Waals surface area contributed by atoms with E-state index in [9.17, 15) is 23.8 Å². The molecule has 0 aliphatic heterocycles. The second-order valence-corrected chi connectivity index (χ2v) is 7.37. The van der Waals surface area contributed by atoms with Gasteiger partial charge in [-0.25, -0.2) is 13.8 Å². The van der Waals surface area contributed by atoms with Gasteiger partial charge in [-0.1, -0.05) is 35.4 Å². The van der Waals surface area contributed by atoms with Crippen molar-refractivity contribution >= 4 is 28.1 Å². The van der Waals surface area contributed by atoms with E-state index < -0.39 is 29.3 Å². The molecule has 0 aliphatic rings. The molecular formula is C24H17F2N5O3. The lowest BCUT2D eigenvalue weighted by Crippen LogP contribution is -2.09. The molecule has 1 heterocycles. The Morgan fingerprint density at radius 3 is 2.50 bits per heavy atom. The second kappa shape index (κ2) is 9.53. The van der Waals surface area contributed by atoms with Crippen molar-refractivity contribution < 1.29 is 23.8 Å². The Balaban J connectivity index is 1.88. The molecule has 3 N–H and O–H groups in total. The number of aliphatic hydroxyl groups is 2. The molecule has 8 nitrogen and oxygen atoms in total. The van der Waals surface area contributed by atoms with E-state index in [0.717, 1.165) is 12.1 Å². The number of aliphatic hydroxyl groups excluding tert-OH is 2. The average Bonchev–Trinajstić information content (AvgIpc) is 3.25. The van der Waals surface area contributed by atoms with Gasteiger partial charge in [0, 0.05) is 22.1 Å². The Hall–Kier alpha value is -4.53. The molecule has 1 atom stereocenters. The zero-order valence-corrected chi connectivity index (χ0v) is 17.5. The minimum atomic E-state index is -1.16. The third-order valence-electron chi connectivity index (χ3n) is 5.08. The first-order valence-electron chi connectivity index (χ1n) is 10.1. The summed E-state index contributed by atoms with van der Waals surface area (Å²) in [6, 6.07) is 15.2. The lowest BCUT2D eigenvalue weighted by Gasteiger charge is -2.12. The summed E-state index contributed by atoms with van der Waals surface area (Å²) >= 11 is 0. The van der Waals surface area contributed by atoms with E-state index in [4.69, 9.17) is 5.53 Å². The maximum Gasteiger partial charge on any atom is 0.200 e. The van der Waals surface area contributed by atoms with Crippen LogP contribution in [0.3, 0.4) is 0 Å². The molecule has 4 rings (SSSR count). The molecule has 0 bridgehead atoms. The van der Waals surface area contributed by atoms with E-state index in [2.05, 4.69) is 20.0 Å². The molecule has 4 aromatic rings. The number of nitrogens with one attached hydrogen (secondary N) is 1. The van der Waals surface area contributed by atoms with Crippen LogP contribution in [0, 0.1) is 11.6 Å². The van der Waals surface area contributed by atoms with Crippen LogP contribution in [0.2, 0.25) is 0 Å². The highest BCUT2D eigenvalue weighted by atomic mass is 19.1. The maximum atomic E-state index is 13.8. The molecule has 3 aromatic carbocycles. The van der Waals surface area contributed by atoms with Gasteiger partial charge in [0.15, 0.2) is 0 Å². The highest BCUT2D eigenvalue weighted by Crippen LogP contribution is 2.29. The number of imidazole rings is 1. The number of Topliss-reactive ketones (excluding diaryl/α,β-unsaturated/α-hetero) is 1. The van der Waals surface area contributed by atoms with Crippen LogP contribution in [0.4, 0.5) is 8.78 Å². The third-order valence-corrected chi connectivity index (χ3v) is 5.08. The van der Waals surface area contributed by atoms with Crippen molar-refractivity contribution in [3.05, 3.63) is 111 Å². The summed E-state index contributed by atoms with van der Waals surface area (Å²) < 4.78 is 27.7. The fourth-order valence-corrected chi connectivity index (χ4v) is 3.48. The van der Waals surface area contributed by atoms with Crippen LogP contribution < -0.4 is 0 Å². The summed E-state index contributed by atoms with van der Waals surface area (Å²) in [6.07, 6.45) is -1.16. The molecule has 0 saturated heterocycles. The number of hydrogen-bond acceptors (Lipinski definition) is 5. The smallest absolute Gasteiger partial charge is 0.200 e. The number of halogens is 2. The fraction of sp³-hybridized carbons (Fsp3) is 0.0833. The molecule has 0 spiro atoms. The normalized spacial score (nSPS) is 12.7. The first-order chi connectivity index (χ1) is 16.4. The van der Waals surface area contributed by atoms with E-state index in [1.165, 1.54) is 18.2 Å². The summed E-state index contributed by atoms with van der Waals surface area (Å²) in [5, 5.41) is 24.5. The Kier molecular flexibility index (Phi) is 6.35. The van der Waals surface area contributed by atoms with Gasteiger partial charge < -0.3 is 15.2 Å². The van der Waals surface area contributed by atoms with E-state index in [0.29, 0.717) is 22.7 Å². The van der Waals surface area contributed by atoms with E-state index >= 15 is 0 Å². The Morgan fingerprint density at radius 2 is 1.79 bits per heavy atom. The van der Waals surface area contributed by atoms with Crippen LogP contribution in [0.15, 0.2) is 71.8 Å². The number of hydrogen-bond donors (Lipinski definition) is 3. The average molecular weight is 461 g/mol. The minimum absolute atomic E-state index is 0.00611. The van der Waals surface area contributed by atoms with Crippen LogP contribution in [0.1, 0.15) is 33.4 Å². The van der Waals surface area contributed by atoms with Crippen molar-refractivity contribution in [2.45, 2.75) is 6.10 Å². The highest BCUT2D eigenvalue weighted by Gasteiger charge is 2.25. The number of allylic oxidation sites excluding steroid dienone is 1. The molecule has 1 unspecified atom stereocenters. The summed E-state index contributed by atoms with van der Waals surface area (Å²) in [5.41, 5.74) is 9.37. The lowest BCUT2D eigenvalue weighted by atomic mass is 9.96. The number of aromatic amines is 1. The molecule has 34 heavy (non-hydrogen) atoms. The summed E-state index contributed by atoms with van der Waals surface area (Å²) in [7, 11) is 0. The molecular weight excluding hydrogens is 444 g/mol. The Labute approximate surface area is 191 Å². The minimum Gasteiger partial charge on any atom is -0.506 e. The first-order valence-corrected chi connectivity index (χ1v) is 10.1. The fourth-order valence-electron chi connectivity index (χ4n) is 3.48.